The van der Waals surface area contributed by atoms with E-state index in [2.05, 4.69) is 5.32 Å². The average Bonchev–Trinajstić information content (AvgIpc) is 2.26. The first-order valence-corrected chi connectivity index (χ1v) is 7.95. The van der Waals surface area contributed by atoms with Crippen LogP contribution in [0.3, 0.4) is 0 Å². The van der Waals surface area contributed by atoms with Crippen LogP contribution in [0.15, 0.2) is 24.3 Å². The third-order valence-corrected chi connectivity index (χ3v) is 3.79. The quantitative estimate of drug-likeness (QED) is 0.857. The Bertz CT molecular complexity index is 485. The first kappa shape index (κ1) is 15.0. The number of benzene rings is 1. The van der Waals surface area contributed by atoms with Gasteiger partial charge in [0.05, 0.1) is 12.9 Å². The van der Waals surface area contributed by atoms with Gasteiger partial charge in [0.25, 0.3) is 0 Å². The van der Waals surface area contributed by atoms with Crippen molar-refractivity contribution in [2.75, 3.05) is 19.1 Å². The second-order valence-electron chi connectivity index (χ2n) is 4.66. The van der Waals surface area contributed by atoms with E-state index in [1.807, 2.05) is 38.1 Å². The van der Waals surface area contributed by atoms with Crippen LogP contribution in [-0.4, -0.2) is 33.6 Å². The lowest BCUT2D eigenvalue weighted by Gasteiger charge is -2.20. The molecular weight excluding hydrogens is 250 g/mol. The molecule has 4 nitrogen and oxygen atoms in total. The lowest BCUT2D eigenvalue weighted by Crippen LogP contribution is -2.34. The summed E-state index contributed by atoms with van der Waals surface area (Å²) in [5.41, 5.74) is 1.08. The van der Waals surface area contributed by atoms with Crippen LogP contribution in [0, 0.1) is 0 Å². The number of methoxy groups -OCH3 is 1. The molecule has 0 amide bonds. The molecule has 1 unspecified atom stereocenters. The van der Waals surface area contributed by atoms with Crippen LogP contribution in [0.4, 0.5) is 0 Å². The van der Waals surface area contributed by atoms with Crippen molar-refractivity contribution in [3.05, 3.63) is 29.8 Å². The smallest absolute Gasteiger partial charge is 0.148 e. The molecule has 0 bridgehead atoms. The SMILES string of the molecule is COc1cccc([C@@H](C)NC(C)CS(C)(=O)=O)c1. The fourth-order valence-corrected chi connectivity index (χ4v) is 2.94. The normalized spacial score (nSPS) is 15.1. The van der Waals surface area contributed by atoms with E-state index in [9.17, 15) is 8.42 Å². The maximum absolute atomic E-state index is 11.2. The number of rotatable bonds is 6. The third kappa shape index (κ3) is 5.06. The molecule has 0 spiro atoms. The van der Waals surface area contributed by atoms with Gasteiger partial charge in [0.15, 0.2) is 0 Å². The zero-order valence-electron chi connectivity index (χ0n) is 11.3. The molecule has 0 saturated heterocycles. The highest BCUT2D eigenvalue weighted by Gasteiger charge is 2.14. The van der Waals surface area contributed by atoms with Crippen molar-refractivity contribution >= 4 is 9.84 Å². The molecule has 102 valence electrons. The standard InChI is InChI=1S/C13H21NO3S/c1-10(9-18(4,15)16)14-11(2)12-6-5-7-13(8-12)17-3/h5-8,10-11,14H,9H2,1-4H3/t10?,11-/m1/s1. The maximum atomic E-state index is 11.2. The Morgan fingerprint density at radius 2 is 2.00 bits per heavy atom. The summed E-state index contributed by atoms with van der Waals surface area (Å²) >= 11 is 0. The number of ether oxygens (including phenoxy) is 1. The fraction of sp³-hybridized carbons (Fsp3) is 0.538. The molecular formula is C13H21NO3S. The maximum Gasteiger partial charge on any atom is 0.148 e. The average molecular weight is 271 g/mol. The van der Waals surface area contributed by atoms with Gasteiger partial charge in [-0.15, -0.1) is 0 Å². The van der Waals surface area contributed by atoms with Crippen LogP contribution in [0.25, 0.3) is 0 Å². The van der Waals surface area contributed by atoms with Gasteiger partial charge in [0, 0.05) is 18.3 Å². The Hall–Kier alpha value is -1.07. The lowest BCUT2D eigenvalue weighted by atomic mass is 10.1. The minimum Gasteiger partial charge on any atom is -0.497 e. The van der Waals surface area contributed by atoms with E-state index in [1.165, 1.54) is 6.26 Å². The highest BCUT2D eigenvalue weighted by molar-refractivity contribution is 7.90. The van der Waals surface area contributed by atoms with E-state index < -0.39 is 9.84 Å². The summed E-state index contributed by atoms with van der Waals surface area (Å²) in [7, 11) is -1.32. The van der Waals surface area contributed by atoms with Gasteiger partial charge >= 0.3 is 0 Å². The minimum absolute atomic E-state index is 0.0804. The second-order valence-corrected chi connectivity index (χ2v) is 6.84. The van der Waals surface area contributed by atoms with Crippen LogP contribution in [-0.2, 0) is 9.84 Å². The first-order chi connectivity index (χ1) is 8.31. The van der Waals surface area contributed by atoms with Crippen molar-refractivity contribution in [3.8, 4) is 5.75 Å². The van der Waals surface area contributed by atoms with Crippen molar-refractivity contribution in [3.63, 3.8) is 0 Å². The van der Waals surface area contributed by atoms with Gasteiger partial charge in [-0.25, -0.2) is 8.42 Å². The van der Waals surface area contributed by atoms with Crippen LogP contribution in [0.2, 0.25) is 0 Å². The van der Waals surface area contributed by atoms with E-state index in [1.54, 1.807) is 7.11 Å². The van der Waals surface area contributed by atoms with Crippen LogP contribution < -0.4 is 10.1 Å². The topological polar surface area (TPSA) is 55.4 Å². The molecule has 0 radical (unpaired) electrons. The van der Waals surface area contributed by atoms with E-state index >= 15 is 0 Å². The molecule has 0 saturated carbocycles. The van der Waals surface area contributed by atoms with Crippen LogP contribution >= 0.6 is 0 Å². The van der Waals surface area contributed by atoms with Gasteiger partial charge < -0.3 is 10.1 Å². The summed E-state index contributed by atoms with van der Waals surface area (Å²) < 4.78 is 27.6. The number of hydrogen-bond donors (Lipinski definition) is 1. The zero-order chi connectivity index (χ0) is 13.8. The van der Waals surface area contributed by atoms with Crippen molar-refractivity contribution < 1.29 is 13.2 Å². The van der Waals surface area contributed by atoms with Gasteiger partial charge in [-0.05, 0) is 31.5 Å². The monoisotopic (exact) mass is 271 g/mol. The van der Waals surface area contributed by atoms with E-state index in [-0.39, 0.29) is 17.8 Å². The summed E-state index contributed by atoms with van der Waals surface area (Å²) in [5.74, 6) is 0.943. The van der Waals surface area contributed by atoms with Gasteiger partial charge in [-0.1, -0.05) is 12.1 Å². The number of hydrogen-bond acceptors (Lipinski definition) is 4. The molecule has 0 aromatic heterocycles. The molecule has 0 aliphatic rings. The van der Waals surface area contributed by atoms with E-state index in [0.29, 0.717) is 0 Å². The van der Waals surface area contributed by atoms with E-state index in [0.717, 1.165) is 11.3 Å². The van der Waals surface area contributed by atoms with Gasteiger partial charge in [0.1, 0.15) is 15.6 Å². The fourth-order valence-electron chi connectivity index (χ4n) is 1.94. The Labute approximate surface area is 109 Å². The Morgan fingerprint density at radius 3 is 2.56 bits per heavy atom. The molecule has 0 aliphatic heterocycles. The lowest BCUT2D eigenvalue weighted by molar-refractivity contribution is 0.412. The van der Waals surface area contributed by atoms with Gasteiger partial charge in [0.2, 0.25) is 0 Å². The largest absolute Gasteiger partial charge is 0.497 e. The molecule has 0 fully saturated rings. The molecule has 1 aromatic rings. The van der Waals surface area contributed by atoms with Gasteiger partial charge in [-0.2, -0.15) is 0 Å². The predicted octanol–water partition coefficient (Wildman–Crippen LogP) is 1.78. The van der Waals surface area contributed by atoms with Crippen LogP contribution in [0.1, 0.15) is 25.5 Å². The minimum atomic E-state index is -2.95. The van der Waals surface area contributed by atoms with Crippen molar-refractivity contribution in [2.45, 2.75) is 25.9 Å². The van der Waals surface area contributed by atoms with Crippen molar-refractivity contribution in [1.82, 2.24) is 5.32 Å². The summed E-state index contributed by atoms with van der Waals surface area (Å²) in [4.78, 5) is 0. The molecule has 5 heteroatoms. The molecule has 18 heavy (non-hydrogen) atoms. The number of sulfone groups is 1. The van der Waals surface area contributed by atoms with Crippen molar-refractivity contribution in [2.24, 2.45) is 0 Å². The second kappa shape index (κ2) is 6.20. The molecule has 2 atom stereocenters. The van der Waals surface area contributed by atoms with Crippen LogP contribution in [0.5, 0.6) is 5.75 Å². The molecule has 1 aromatic carbocycles. The van der Waals surface area contributed by atoms with Crippen molar-refractivity contribution in [1.29, 1.82) is 0 Å². The van der Waals surface area contributed by atoms with Gasteiger partial charge in [-0.3, -0.25) is 0 Å². The molecule has 1 N–H and O–H groups in total. The Balaban J connectivity index is 2.67. The summed E-state index contributed by atoms with van der Waals surface area (Å²) in [6.45, 7) is 3.88. The highest BCUT2D eigenvalue weighted by atomic mass is 32.2. The Morgan fingerprint density at radius 1 is 1.33 bits per heavy atom. The predicted molar refractivity (Wildman–Crippen MR) is 73.7 cm³/mol. The third-order valence-electron chi connectivity index (χ3n) is 2.68. The summed E-state index contributed by atoms with van der Waals surface area (Å²) in [6.07, 6.45) is 1.25. The summed E-state index contributed by atoms with van der Waals surface area (Å²) in [5, 5.41) is 3.27. The molecule has 1 rings (SSSR count). The Kier molecular flexibility index (Phi) is 5.16. The molecule has 0 heterocycles. The summed E-state index contributed by atoms with van der Waals surface area (Å²) in [6, 6.07) is 7.75. The highest BCUT2D eigenvalue weighted by Crippen LogP contribution is 2.19. The number of nitrogens with one attached hydrogen (secondary N) is 1. The zero-order valence-corrected chi connectivity index (χ0v) is 12.1. The van der Waals surface area contributed by atoms with E-state index in [4.69, 9.17) is 4.74 Å². The first-order valence-electron chi connectivity index (χ1n) is 5.89. The molecule has 0 aliphatic carbocycles.